The van der Waals surface area contributed by atoms with Crippen molar-refractivity contribution in [2.75, 3.05) is 0 Å². The predicted octanol–water partition coefficient (Wildman–Crippen LogP) is 2.22. The second kappa shape index (κ2) is 4.93. The first kappa shape index (κ1) is 13.2. The van der Waals surface area contributed by atoms with Crippen molar-refractivity contribution >= 4 is 16.9 Å². The minimum absolute atomic E-state index is 0.166. The Kier molecular flexibility index (Phi) is 3.09. The summed E-state index contributed by atoms with van der Waals surface area (Å²) in [6, 6.07) is 5.57. The van der Waals surface area contributed by atoms with Crippen molar-refractivity contribution < 1.29 is 13.9 Å². The van der Waals surface area contributed by atoms with Crippen LogP contribution in [0, 0.1) is 13.8 Å². The summed E-state index contributed by atoms with van der Waals surface area (Å²) in [6.07, 6.45) is 0. The third kappa shape index (κ3) is 2.33. The number of ether oxygens (including phenoxy) is 1. The third-order valence-electron chi connectivity index (χ3n) is 2.92. The summed E-state index contributed by atoms with van der Waals surface area (Å²) < 4.78 is 10.7. The molecule has 21 heavy (non-hydrogen) atoms. The topological polar surface area (TPSA) is 91.0 Å². The Hall–Kier alpha value is -2.83. The van der Waals surface area contributed by atoms with Gasteiger partial charge in [0.2, 0.25) is 5.89 Å². The minimum Gasteiger partial charge on any atom is -0.423 e. The Morgan fingerprint density at radius 1 is 1.14 bits per heavy atom. The summed E-state index contributed by atoms with van der Waals surface area (Å²) in [5.74, 6) is 0.382. The highest BCUT2D eigenvalue weighted by atomic mass is 16.5. The molecule has 3 aromatic rings. The van der Waals surface area contributed by atoms with E-state index in [0.29, 0.717) is 16.8 Å². The van der Waals surface area contributed by atoms with Crippen LogP contribution in [0.25, 0.3) is 22.5 Å². The normalized spacial score (nSPS) is 10.8. The molecule has 0 aliphatic carbocycles. The largest absolute Gasteiger partial charge is 0.423 e. The zero-order chi connectivity index (χ0) is 15.0. The fourth-order valence-corrected chi connectivity index (χ4v) is 2.03. The quantitative estimate of drug-likeness (QED) is 0.666. The molecular formula is C14H12N4O3. The van der Waals surface area contributed by atoms with Crippen molar-refractivity contribution in [3.05, 3.63) is 29.7 Å². The molecule has 0 spiro atoms. The van der Waals surface area contributed by atoms with E-state index in [1.54, 1.807) is 6.92 Å². The van der Waals surface area contributed by atoms with Gasteiger partial charge in [0.1, 0.15) is 0 Å². The first-order valence-corrected chi connectivity index (χ1v) is 6.31. The first-order chi connectivity index (χ1) is 10.1. The van der Waals surface area contributed by atoms with E-state index in [4.69, 9.17) is 9.15 Å². The van der Waals surface area contributed by atoms with Crippen molar-refractivity contribution in [2.45, 2.75) is 20.8 Å². The number of aromatic nitrogens is 4. The fraction of sp³-hybridized carbons (Fsp3) is 0.214. The average Bonchev–Trinajstić information content (AvgIpc) is 2.86. The number of fused-ring (bicyclic) bond motifs is 1. The number of carbonyl (C=O) groups is 1. The zero-order valence-electron chi connectivity index (χ0n) is 11.7. The predicted molar refractivity (Wildman–Crippen MR) is 73.6 cm³/mol. The Balaban J connectivity index is 2.31. The van der Waals surface area contributed by atoms with E-state index in [2.05, 4.69) is 20.4 Å². The molecule has 7 heteroatoms. The van der Waals surface area contributed by atoms with E-state index >= 15 is 0 Å². The standard InChI is InChI=1S/C14H12N4O3/c1-7-5-4-6-10-11(7)16-17-12(13(10)21-9(3)19)14-18-15-8(2)20-14/h4-6H,1-3H3. The van der Waals surface area contributed by atoms with Gasteiger partial charge >= 0.3 is 5.97 Å². The van der Waals surface area contributed by atoms with Crippen molar-refractivity contribution in [3.63, 3.8) is 0 Å². The summed E-state index contributed by atoms with van der Waals surface area (Å²) in [5.41, 5.74) is 1.85. The van der Waals surface area contributed by atoms with Crippen molar-refractivity contribution in [1.29, 1.82) is 0 Å². The Bertz CT molecular complexity index is 841. The van der Waals surface area contributed by atoms with Crippen LogP contribution in [0.4, 0.5) is 0 Å². The van der Waals surface area contributed by atoms with Crippen LogP contribution in [0.15, 0.2) is 22.6 Å². The molecule has 0 aliphatic heterocycles. The summed E-state index contributed by atoms with van der Waals surface area (Å²) in [7, 11) is 0. The summed E-state index contributed by atoms with van der Waals surface area (Å²) in [4.78, 5) is 11.4. The third-order valence-corrected chi connectivity index (χ3v) is 2.92. The van der Waals surface area contributed by atoms with Gasteiger partial charge in [0, 0.05) is 19.2 Å². The van der Waals surface area contributed by atoms with Crippen LogP contribution in [0.2, 0.25) is 0 Å². The van der Waals surface area contributed by atoms with Crippen molar-refractivity contribution in [2.24, 2.45) is 0 Å². The van der Waals surface area contributed by atoms with Crippen LogP contribution >= 0.6 is 0 Å². The van der Waals surface area contributed by atoms with Crippen LogP contribution in [-0.4, -0.2) is 26.4 Å². The van der Waals surface area contributed by atoms with Crippen LogP contribution < -0.4 is 4.74 Å². The number of benzene rings is 1. The number of hydrogen-bond acceptors (Lipinski definition) is 7. The zero-order valence-corrected chi connectivity index (χ0v) is 11.7. The summed E-state index contributed by atoms with van der Waals surface area (Å²) >= 11 is 0. The molecule has 3 rings (SSSR count). The van der Waals surface area contributed by atoms with Gasteiger partial charge in [-0.15, -0.1) is 20.4 Å². The number of rotatable bonds is 2. The van der Waals surface area contributed by atoms with E-state index in [0.717, 1.165) is 5.56 Å². The second-order valence-corrected chi connectivity index (χ2v) is 4.57. The van der Waals surface area contributed by atoms with E-state index < -0.39 is 5.97 Å². The lowest BCUT2D eigenvalue weighted by Crippen LogP contribution is -2.06. The lowest BCUT2D eigenvalue weighted by molar-refractivity contribution is -0.131. The lowest BCUT2D eigenvalue weighted by atomic mass is 10.1. The molecule has 0 atom stereocenters. The molecule has 0 N–H and O–H groups in total. The summed E-state index contributed by atoms with van der Waals surface area (Å²) in [6.45, 7) is 4.90. The van der Waals surface area contributed by atoms with Crippen LogP contribution in [0.1, 0.15) is 18.4 Å². The second-order valence-electron chi connectivity index (χ2n) is 4.57. The molecule has 0 bridgehead atoms. The average molecular weight is 284 g/mol. The number of nitrogens with zero attached hydrogens (tertiary/aromatic N) is 4. The Morgan fingerprint density at radius 2 is 1.95 bits per heavy atom. The molecular weight excluding hydrogens is 272 g/mol. The van der Waals surface area contributed by atoms with E-state index in [1.807, 2.05) is 25.1 Å². The number of esters is 1. The van der Waals surface area contributed by atoms with E-state index in [9.17, 15) is 4.79 Å². The highest BCUT2D eigenvalue weighted by Crippen LogP contribution is 2.34. The van der Waals surface area contributed by atoms with Gasteiger partial charge in [-0.25, -0.2) is 0 Å². The molecule has 0 unspecified atom stereocenters. The number of aryl methyl sites for hydroxylation is 2. The molecule has 0 saturated heterocycles. The van der Waals surface area contributed by atoms with Gasteiger partial charge in [0.05, 0.1) is 5.52 Å². The number of carbonyl (C=O) groups excluding carboxylic acids is 1. The Labute approximate surface area is 120 Å². The van der Waals surface area contributed by atoms with Gasteiger partial charge in [-0.2, -0.15) is 0 Å². The van der Waals surface area contributed by atoms with Gasteiger partial charge in [-0.3, -0.25) is 4.79 Å². The maximum atomic E-state index is 11.4. The molecule has 0 amide bonds. The van der Waals surface area contributed by atoms with Crippen LogP contribution in [-0.2, 0) is 4.79 Å². The Morgan fingerprint density at radius 3 is 2.62 bits per heavy atom. The SMILES string of the molecule is CC(=O)Oc1c(-c2nnc(C)o2)nnc2c(C)cccc12. The van der Waals surface area contributed by atoms with Crippen LogP contribution in [0.3, 0.4) is 0 Å². The van der Waals surface area contributed by atoms with Gasteiger partial charge in [0.15, 0.2) is 11.4 Å². The molecule has 0 radical (unpaired) electrons. The molecule has 0 aliphatic rings. The van der Waals surface area contributed by atoms with E-state index in [-0.39, 0.29) is 17.3 Å². The molecule has 7 nitrogen and oxygen atoms in total. The summed E-state index contributed by atoms with van der Waals surface area (Å²) in [5, 5.41) is 16.6. The van der Waals surface area contributed by atoms with Crippen LogP contribution in [0.5, 0.6) is 5.75 Å². The maximum absolute atomic E-state index is 11.4. The van der Waals surface area contributed by atoms with Gasteiger partial charge in [-0.05, 0) is 18.6 Å². The molecule has 2 aromatic heterocycles. The van der Waals surface area contributed by atoms with Crippen molar-refractivity contribution in [1.82, 2.24) is 20.4 Å². The molecule has 0 fully saturated rings. The highest BCUT2D eigenvalue weighted by Gasteiger charge is 2.20. The molecule has 2 heterocycles. The maximum Gasteiger partial charge on any atom is 0.308 e. The lowest BCUT2D eigenvalue weighted by Gasteiger charge is -2.09. The molecule has 1 aromatic carbocycles. The molecule has 106 valence electrons. The highest BCUT2D eigenvalue weighted by molar-refractivity contribution is 5.93. The monoisotopic (exact) mass is 284 g/mol. The van der Waals surface area contributed by atoms with E-state index in [1.165, 1.54) is 6.92 Å². The first-order valence-electron chi connectivity index (χ1n) is 6.31. The van der Waals surface area contributed by atoms with Gasteiger partial charge < -0.3 is 9.15 Å². The molecule has 0 saturated carbocycles. The van der Waals surface area contributed by atoms with Gasteiger partial charge in [0.25, 0.3) is 5.89 Å². The fourth-order valence-electron chi connectivity index (χ4n) is 2.03. The minimum atomic E-state index is -0.455. The smallest absolute Gasteiger partial charge is 0.308 e. The van der Waals surface area contributed by atoms with Crippen molar-refractivity contribution in [3.8, 4) is 17.3 Å². The number of hydrogen-bond donors (Lipinski definition) is 0. The van der Waals surface area contributed by atoms with Gasteiger partial charge in [-0.1, -0.05) is 12.1 Å².